The maximum absolute atomic E-state index is 5.85. The highest BCUT2D eigenvalue weighted by Crippen LogP contribution is 2.46. The Morgan fingerprint density at radius 3 is 1.09 bits per heavy atom. The molecule has 0 radical (unpaired) electrons. The summed E-state index contributed by atoms with van der Waals surface area (Å²) in [6.45, 7) is 60.2. The average Bonchev–Trinajstić information content (AvgIpc) is 4.10. The zero-order chi connectivity index (χ0) is 54.9. The topological polar surface area (TPSA) is 66.4 Å². The molecule has 3 aromatic heterocycles. The van der Waals surface area contributed by atoms with E-state index in [4.69, 9.17) is 29.2 Å². The lowest BCUT2D eigenvalue weighted by Crippen LogP contribution is -2.19. The van der Waals surface area contributed by atoms with Gasteiger partial charge in [0.25, 0.3) is 0 Å². The Morgan fingerprint density at radius 2 is 0.689 bits per heavy atom. The Kier molecular flexibility index (Phi) is 21.7. The summed E-state index contributed by atoms with van der Waals surface area (Å²) in [4.78, 5) is 15.1. The summed E-state index contributed by atoms with van der Waals surface area (Å²) in [6, 6.07) is 13.7. The minimum Gasteiger partial charge on any atom is -0.493 e. The normalized spacial score (nSPS) is 13.7. The Hall–Kier alpha value is -4.71. The molecule has 2 aliphatic heterocycles. The van der Waals surface area contributed by atoms with Crippen LogP contribution in [0.1, 0.15) is 255 Å². The lowest BCUT2D eigenvalue weighted by Gasteiger charge is -2.27. The number of aromatic nitrogens is 3. The number of nitrogens with zero attached hydrogens (tertiary/aromatic N) is 3. The predicted molar refractivity (Wildman–Crippen MR) is 326 cm³/mol. The molecular formula is C68H107N3O3. The van der Waals surface area contributed by atoms with Crippen LogP contribution in [-0.4, -0.2) is 28.4 Å². The van der Waals surface area contributed by atoms with E-state index in [0.717, 1.165) is 52.6 Å². The van der Waals surface area contributed by atoms with Crippen molar-refractivity contribution in [2.45, 2.75) is 260 Å². The Balaban J connectivity index is 0.000000357. The molecular weight excluding hydrogens is 907 g/mol. The molecule has 6 aromatic rings. The highest BCUT2D eigenvalue weighted by atomic mass is 16.7. The number of aryl methyl sites for hydroxylation is 4. The number of hydrogen-bond donors (Lipinski definition) is 0. The minimum atomic E-state index is -0.00851. The summed E-state index contributed by atoms with van der Waals surface area (Å²) < 4.78 is 17.2. The van der Waals surface area contributed by atoms with Crippen LogP contribution in [-0.2, 0) is 51.8 Å². The monoisotopic (exact) mass is 1010 g/mol. The Labute approximate surface area is 454 Å². The fraction of sp³-hybridized carbons (Fsp3) is 0.603. The summed E-state index contributed by atoms with van der Waals surface area (Å²) >= 11 is 0. The zero-order valence-corrected chi connectivity index (χ0v) is 50.8. The average molecular weight is 1010 g/mol. The molecule has 0 saturated carbocycles. The van der Waals surface area contributed by atoms with E-state index in [-0.39, 0.29) is 54.1 Å². The number of fused-ring (bicyclic) bond motifs is 9. The Morgan fingerprint density at radius 1 is 0.351 bits per heavy atom. The first-order valence-corrected chi connectivity index (χ1v) is 27.6. The second-order valence-corrected chi connectivity index (χ2v) is 25.7. The minimum absolute atomic E-state index is 0. The van der Waals surface area contributed by atoms with E-state index in [9.17, 15) is 0 Å². The largest absolute Gasteiger partial charge is 0.493 e. The van der Waals surface area contributed by atoms with Crippen molar-refractivity contribution in [1.82, 2.24) is 15.0 Å². The van der Waals surface area contributed by atoms with Crippen molar-refractivity contribution in [3.05, 3.63) is 104 Å². The van der Waals surface area contributed by atoms with Gasteiger partial charge in [0, 0.05) is 61.5 Å². The van der Waals surface area contributed by atoms with Gasteiger partial charge >= 0.3 is 0 Å². The van der Waals surface area contributed by atoms with Crippen LogP contribution in [0.2, 0.25) is 0 Å². The van der Waals surface area contributed by atoms with E-state index >= 15 is 0 Å². The first kappa shape index (κ1) is 65.4. The third kappa shape index (κ3) is 14.0. The molecule has 0 amide bonds. The number of hydrogen-bond acceptors (Lipinski definition) is 6. The van der Waals surface area contributed by atoms with Gasteiger partial charge in [-0.3, -0.25) is 9.97 Å². The third-order valence-electron chi connectivity index (χ3n) is 13.7. The maximum Gasteiger partial charge on any atom is 0.231 e. The number of ether oxygens (including phenoxy) is 3. The molecule has 6 heteroatoms. The molecule has 0 saturated heterocycles. The maximum atomic E-state index is 5.85. The molecule has 0 N–H and O–H groups in total. The number of rotatable bonds is 0. The molecule has 412 valence electrons. The number of benzene rings is 3. The molecule has 3 aliphatic rings. The van der Waals surface area contributed by atoms with Gasteiger partial charge in [-0.15, -0.1) is 0 Å². The van der Waals surface area contributed by atoms with E-state index in [1.54, 1.807) is 5.56 Å². The van der Waals surface area contributed by atoms with Crippen molar-refractivity contribution in [2.75, 3.05) is 13.4 Å². The van der Waals surface area contributed by atoms with Crippen LogP contribution >= 0.6 is 0 Å². The predicted octanol–water partition coefficient (Wildman–Crippen LogP) is 19.9. The van der Waals surface area contributed by atoms with Crippen LogP contribution in [0.25, 0.3) is 32.7 Å². The molecule has 0 atom stereocenters. The van der Waals surface area contributed by atoms with Crippen LogP contribution in [0.5, 0.6) is 17.2 Å². The van der Waals surface area contributed by atoms with Crippen LogP contribution in [0.4, 0.5) is 0 Å². The summed E-state index contributed by atoms with van der Waals surface area (Å²) in [5.41, 5.74) is 19.6. The van der Waals surface area contributed by atoms with E-state index in [0.29, 0.717) is 0 Å². The zero-order valence-electron chi connectivity index (χ0n) is 50.8. The molecule has 0 bridgehead atoms. The Bertz CT molecular complexity index is 2550. The van der Waals surface area contributed by atoms with Crippen LogP contribution < -0.4 is 14.2 Å². The lowest BCUT2D eigenvalue weighted by molar-refractivity contribution is 0.174. The van der Waals surface area contributed by atoms with Gasteiger partial charge in [-0.2, -0.15) is 0 Å². The van der Waals surface area contributed by atoms with Crippen LogP contribution in [0.3, 0.4) is 0 Å². The number of pyridine rings is 3. The highest BCUT2D eigenvalue weighted by Gasteiger charge is 2.31. The standard InChI is InChI=1S/C21H29N.C20H27NO.C19H25NO2.3C2H6.2CH4/c1-13-11-16-17(20(2,3)4)12-18(21(5,6)7)22-19(16)15-10-8-9-14(13)15;1-12-10-14-15(19(2,3)4)11-16(20(5,6)7)21-17(14)13-8-9-22-18(12)13;1-11-8-12-13(18(2,3)4)9-14(19(5,6)7)20-15(12)17-16(11)21-10-22-17;3*1-2;;/h11-12H,8-10H2,1-7H3;10-11H,8-9H2,1-7H3;8-9H,10H2,1-7H3;3*1-2H3;2*1H4. The van der Waals surface area contributed by atoms with Crippen LogP contribution in [0, 0.1) is 20.8 Å². The smallest absolute Gasteiger partial charge is 0.231 e. The first-order valence-electron chi connectivity index (χ1n) is 27.6. The van der Waals surface area contributed by atoms with Crippen molar-refractivity contribution in [2.24, 2.45) is 0 Å². The SMILES string of the molecule is C.C.CC.CC.CC.Cc1cc2c(C(C)(C)C)cc(C(C)(C)C)nc2c2c1CCC2.Cc1cc2c(C(C)(C)C)cc(C(C)(C)C)nc2c2c1OCC2.Cc1cc2c(C(C)(C)C)cc(C(C)(C)C)nc2c2c1OCO2. The summed E-state index contributed by atoms with van der Waals surface area (Å²) in [6.07, 6.45) is 4.67. The molecule has 0 fully saturated rings. The van der Waals surface area contributed by atoms with E-state index in [1.165, 1.54) is 91.3 Å². The third-order valence-corrected chi connectivity index (χ3v) is 13.7. The molecule has 1 aliphatic carbocycles. The van der Waals surface area contributed by atoms with Crippen molar-refractivity contribution in [3.8, 4) is 17.2 Å². The summed E-state index contributed by atoms with van der Waals surface area (Å²) in [7, 11) is 0. The molecule has 3 aromatic carbocycles. The first-order chi connectivity index (χ1) is 33.3. The molecule has 9 rings (SSSR count). The van der Waals surface area contributed by atoms with Crippen molar-refractivity contribution >= 4 is 32.7 Å². The fourth-order valence-corrected chi connectivity index (χ4v) is 9.84. The van der Waals surface area contributed by atoms with Gasteiger partial charge in [0.1, 0.15) is 11.3 Å². The van der Waals surface area contributed by atoms with Gasteiger partial charge in [-0.1, -0.05) is 181 Å². The van der Waals surface area contributed by atoms with Crippen molar-refractivity contribution in [3.63, 3.8) is 0 Å². The molecule has 6 nitrogen and oxygen atoms in total. The van der Waals surface area contributed by atoms with E-state index < -0.39 is 0 Å². The van der Waals surface area contributed by atoms with Gasteiger partial charge in [0.05, 0.1) is 17.6 Å². The van der Waals surface area contributed by atoms with E-state index in [2.05, 4.69) is 182 Å². The van der Waals surface area contributed by atoms with Gasteiger partial charge in [0.15, 0.2) is 11.5 Å². The van der Waals surface area contributed by atoms with Gasteiger partial charge in [0.2, 0.25) is 6.79 Å². The highest BCUT2D eigenvalue weighted by molar-refractivity contribution is 5.93. The fourth-order valence-electron chi connectivity index (χ4n) is 9.84. The van der Waals surface area contributed by atoms with Crippen LogP contribution in [0.15, 0.2) is 36.4 Å². The van der Waals surface area contributed by atoms with E-state index in [1.807, 2.05) is 41.5 Å². The lowest BCUT2D eigenvalue weighted by atomic mass is 9.80. The summed E-state index contributed by atoms with van der Waals surface area (Å²) in [5, 5.41) is 3.84. The second kappa shape index (κ2) is 24.5. The molecule has 0 spiro atoms. The molecule has 74 heavy (non-hydrogen) atoms. The molecule has 5 heterocycles. The van der Waals surface area contributed by atoms with Crippen molar-refractivity contribution in [1.29, 1.82) is 0 Å². The van der Waals surface area contributed by atoms with Gasteiger partial charge < -0.3 is 14.2 Å². The second-order valence-electron chi connectivity index (χ2n) is 25.7. The van der Waals surface area contributed by atoms with Gasteiger partial charge in [-0.25, -0.2) is 4.98 Å². The van der Waals surface area contributed by atoms with Crippen molar-refractivity contribution < 1.29 is 14.2 Å². The molecule has 0 unspecified atom stereocenters. The van der Waals surface area contributed by atoms with Gasteiger partial charge in [-0.05, 0) is 137 Å². The quantitative estimate of drug-likeness (QED) is 0.151. The summed E-state index contributed by atoms with van der Waals surface area (Å²) in [5.74, 6) is 2.70.